The lowest BCUT2D eigenvalue weighted by molar-refractivity contribution is -0.135. The average Bonchev–Trinajstić information content (AvgIpc) is 3.24. The molecule has 2 heterocycles. The number of ether oxygens (including phenoxy) is 1. The van der Waals surface area contributed by atoms with Crippen molar-refractivity contribution in [1.82, 2.24) is 15.5 Å². The molecule has 0 radical (unpaired) electrons. The lowest BCUT2D eigenvalue weighted by atomic mass is 9.99. The van der Waals surface area contributed by atoms with Crippen molar-refractivity contribution in [3.05, 3.63) is 54.5 Å². The molecule has 8 nitrogen and oxygen atoms in total. The lowest BCUT2D eigenvalue weighted by Crippen LogP contribution is -2.43. The van der Waals surface area contributed by atoms with Gasteiger partial charge in [-0.2, -0.15) is 0 Å². The molecular weight excluding hydrogens is 338 g/mol. The van der Waals surface area contributed by atoms with Crippen LogP contribution in [0.2, 0.25) is 0 Å². The summed E-state index contributed by atoms with van der Waals surface area (Å²) >= 11 is 0. The zero-order chi connectivity index (χ0) is 18.6. The number of nitrogens with one attached hydrogen (secondary N) is 2. The number of rotatable bonds is 7. The van der Waals surface area contributed by atoms with Crippen molar-refractivity contribution in [2.24, 2.45) is 0 Å². The quantitative estimate of drug-likeness (QED) is 0.574. The fraction of sp³-hybridized carbons (Fsp3) is 0.278. The van der Waals surface area contributed by atoms with Crippen LogP contribution in [0.5, 0.6) is 5.75 Å². The standard InChI is InChI=1S/C18H19N3O5/c1-18(14-8-5-10-26-14)16(23)21(17(24)20-18)12-15(22)19-9-11-25-13-6-3-2-4-7-13/h2-8,10H,9,11-12H2,1H3,(H,19,22)(H,20,24). The number of imide groups is 1. The van der Waals surface area contributed by atoms with Crippen molar-refractivity contribution in [2.45, 2.75) is 12.5 Å². The molecule has 2 N–H and O–H groups in total. The van der Waals surface area contributed by atoms with E-state index in [4.69, 9.17) is 9.15 Å². The number of nitrogens with zero attached hydrogens (tertiary/aromatic N) is 1. The Balaban J connectivity index is 1.50. The first kappa shape index (κ1) is 17.5. The Bertz CT molecular complexity index is 790. The van der Waals surface area contributed by atoms with E-state index in [1.807, 2.05) is 30.3 Å². The molecule has 0 bridgehead atoms. The van der Waals surface area contributed by atoms with Crippen LogP contribution in [-0.4, -0.2) is 42.4 Å². The van der Waals surface area contributed by atoms with Gasteiger partial charge in [0, 0.05) is 0 Å². The Morgan fingerprint density at radius 3 is 2.69 bits per heavy atom. The number of benzene rings is 1. The molecule has 1 saturated heterocycles. The van der Waals surface area contributed by atoms with Crippen LogP contribution in [0.25, 0.3) is 0 Å². The van der Waals surface area contributed by atoms with Gasteiger partial charge in [0.25, 0.3) is 5.91 Å². The summed E-state index contributed by atoms with van der Waals surface area (Å²) in [7, 11) is 0. The summed E-state index contributed by atoms with van der Waals surface area (Å²) in [5.41, 5.74) is -1.31. The molecular formula is C18H19N3O5. The maximum Gasteiger partial charge on any atom is 0.325 e. The highest BCUT2D eigenvalue weighted by Gasteiger charge is 2.51. The van der Waals surface area contributed by atoms with Gasteiger partial charge in [-0.05, 0) is 31.2 Å². The number of hydrogen-bond donors (Lipinski definition) is 2. The van der Waals surface area contributed by atoms with Crippen LogP contribution in [0.1, 0.15) is 12.7 Å². The van der Waals surface area contributed by atoms with E-state index < -0.39 is 23.4 Å². The minimum atomic E-state index is -1.31. The number of urea groups is 1. The molecule has 1 fully saturated rings. The third-order valence-electron chi connectivity index (χ3n) is 4.03. The van der Waals surface area contributed by atoms with Crippen molar-refractivity contribution in [1.29, 1.82) is 0 Å². The van der Waals surface area contributed by atoms with Crippen molar-refractivity contribution in [2.75, 3.05) is 19.7 Å². The topological polar surface area (TPSA) is 101 Å². The minimum absolute atomic E-state index is 0.257. The normalized spacial score (nSPS) is 19.3. The van der Waals surface area contributed by atoms with E-state index in [0.717, 1.165) is 4.90 Å². The highest BCUT2D eigenvalue weighted by Crippen LogP contribution is 2.28. The molecule has 4 amide bonds. The van der Waals surface area contributed by atoms with Crippen LogP contribution in [-0.2, 0) is 15.1 Å². The molecule has 26 heavy (non-hydrogen) atoms. The van der Waals surface area contributed by atoms with Gasteiger partial charge in [0.2, 0.25) is 5.91 Å². The molecule has 1 aromatic heterocycles. The molecule has 0 saturated carbocycles. The van der Waals surface area contributed by atoms with Gasteiger partial charge in [0.15, 0.2) is 5.54 Å². The summed E-state index contributed by atoms with van der Waals surface area (Å²) in [6, 6.07) is 11.8. The molecule has 1 aliphatic rings. The summed E-state index contributed by atoms with van der Waals surface area (Å²) in [6.07, 6.45) is 1.42. The second kappa shape index (κ2) is 7.30. The first-order valence-corrected chi connectivity index (χ1v) is 8.13. The average molecular weight is 357 g/mol. The molecule has 136 valence electrons. The van der Waals surface area contributed by atoms with E-state index in [0.29, 0.717) is 11.5 Å². The molecule has 8 heteroatoms. The number of furan rings is 1. The summed E-state index contributed by atoms with van der Waals surface area (Å²) in [5.74, 6) is 0.0297. The third-order valence-corrected chi connectivity index (χ3v) is 4.03. The van der Waals surface area contributed by atoms with Crippen molar-refractivity contribution in [3.8, 4) is 5.75 Å². The molecule has 2 aromatic rings. The van der Waals surface area contributed by atoms with Gasteiger partial charge in [-0.15, -0.1) is 0 Å². The van der Waals surface area contributed by atoms with Gasteiger partial charge < -0.3 is 19.8 Å². The van der Waals surface area contributed by atoms with Gasteiger partial charge in [0.1, 0.15) is 24.7 Å². The highest BCUT2D eigenvalue weighted by molar-refractivity contribution is 6.08. The highest BCUT2D eigenvalue weighted by atomic mass is 16.5. The predicted molar refractivity (Wildman–Crippen MR) is 91.3 cm³/mol. The maximum absolute atomic E-state index is 12.6. The SMILES string of the molecule is CC1(c2ccco2)NC(=O)N(CC(=O)NCCOc2ccccc2)C1=O. The van der Waals surface area contributed by atoms with Crippen LogP contribution >= 0.6 is 0 Å². The molecule has 1 aliphatic heterocycles. The van der Waals surface area contributed by atoms with Crippen LogP contribution in [0, 0.1) is 0 Å². The van der Waals surface area contributed by atoms with Crippen LogP contribution < -0.4 is 15.4 Å². The Kier molecular flexibility index (Phi) is 4.92. The van der Waals surface area contributed by atoms with E-state index in [2.05, 4.69) is 10.6 Å². The fourth-order valence-corrected chi connectivity index (χ4v) is 2.65. The Morgan fingerprint density at radius 1 is 1.23 bits per heavy atom. The summed E-state index contributed by atoms with van der Waals surface area (Å²) in [4.78, 5) is 37.6. The van der Waals surface area contributed by atoms with Gasteiger partial charge in [-0.1, -0.05) is 18.2 Å². The van der Waals surface area contributed by atoms with Gasteiger partial charge in [-0.3, -0.25) is 14.5 Å². The molecule has 1 unspecified atom stereocenters. The van der Waals surface area contributed by atoms with E-state index in [1.165, 1.54) is 13.2 Å². The van der Waals surface area contributed by atoms with Crippen LogP contribution in [0.4, 0.5) is 4.79 Å². The molecule has 3 rings (SSSR count). The smallest absolute Gasteiger partial charge is 0.325 e. The summed E-state index contributed by atoms with van der Waals surface area (Å²) in [6.45, 7) is 1.71. The van der Waals surface area contributed by atoms with E-state index >= 15 is 0 Å². The van der Waals surface area contributed by atoms with E-state index in [9.17, 15) is 14.4 Å². The third kappa shape index (κ3) is 3.53. The first-order chi connectivity index (χ1) is 12.5. The number of amides is 4. The van der Waals surface area contributed by atoms with Crippen LogP contribution in [0.3, 0.4) is 0 Å². The van der Waals surface area contributed by atoms with Crippen molar-refractivity contribution < 1.29 is 23.5 Å². The largest absolute Gasteiger partial charge is 0.492 e. The zero-order valence-electron chi connectivity index (χ0n) is 14.2. The number of para-hydroxylation sites is 1. The molecule has 0 aliphatic carbocycles. The lowest BCUT2D eigenvalue weighted by Gasteiger charge is -2.18. The van der Waals surface area contributed by atoms with Crippen molar-refractivity contribution in [3.63, 3.8) is 0 Å². The Labute approximate surface area is 150 Å². The number of carbonyl (C=O) groups excluding carboxylic acids is 3. The fourth-order valence-electron chi connectivity index (χ4n) is 2.65. The Hall–Kier alpha value is -3.29. The zero-order valence-corrected chi connectivity index (χ0v) is 14.2. The molecule has 1 aromatic carbocycles. The molecule has 0 spiro atoms. The first-order valence-electron chi connectivity index (χ1n) is 8.13. The molecule has 1 atom stereocenters. The summed E-state index contributed by atoms with van der Waals surface area (Å²) < 4.78 is 10.7. The van der Waals surface area contributed by atoms with Gasteiger partial charge in [0.05, 0.1) is 12.8 Å². The van der Waals surface area contributed by atoms with Crippen LogP contribution in [0.15, 0.2) is 53.1 Å². The van der Waals surface area contributed by atoms with E-state index in [-0.39, 0.29) is 19.7 Å². The van der Waals surface area contributed by atoms with E-state index in [1.54, 1.807) is 12.1 Å². The monoisotopic (exact) mass is 357 g/mol. The second-order valence-corrected chi connectivity index (χ2v) is 5.94. The van der Waals surface area contributed by atoms with Crippen molar-refractivity contribution >= 4 is 17.8 Å². The second-order valence-electron chi connectivity index (χ2n) is 5.94. The number of carbonyl (C=O) groups is 3. The Morgan fingerprint density at radius 2 is 2.00 bits per heavy atom. The summed E-state index contributed by atoms with van der Waals surface area (Å²) in [5, 5.41) is 5.19. The van der Waals surface area contributed by atoms with Gasteiger partial charge >= 0.3 is 6.03 Å². The minimum Gasteiger partial charge on any atom is -0.492 e. The maximum atomic E-state index is 12.6. The predicted octanol–water partition coefficient (Wildman–Crippen LogP) is 1.24. The number of hydrogen-bond acceptors (Lipinski definition) is 5. The van der Waals surface area contributed by atoms with Gasteiger partial charge in [-0.25, -0.2) is 4.79 Å².